The Balaban J connectivity index is 1.96. The summed E-state index contributed by atoms with van der Waals surface area (Å²) in [5, 5.41) is 15.4. The standard InChI is InChI=1S/C28H35N3O4/c1-6-15-34-20-23(32)18-31(17-21(2)3)19-26-27(22-11-8-7-9-12-22)29-30(4)28(26)35-25-14-10-13-24(16-25)33-5/h1,7-14,16,21,23,32H,15,17-20H2,2-5H3. The maximum Gasteiger partial charge on any atom is 0.222 e. The number of aliphatic hydroxyl groups is 1. The summed E-state index contributed by atoms with van der Waals surface area (Å²) in [6.45, 7) is 6.44. The van der Waals surface area contributed by atoms with Gasteiger partial charge in [-0.05, 0) is 18.1 Å². The molecule has 0 fully saturated rings. The van der Waals surface area contributed by atoms with Crippen molar-refractivity contribution in [1.29, 1.82) is 0 Å². The molecule has 35 heavy (non-hydrogen) atoms. The number of ether oxygens (including phenoxy) is 3. The van der Waals surface area contributed by atoms with Gasteiger partial charge in [-0.1, -0.05) is 56.2 Å². The van der Waals surface area contributed by atoms with Crippen LogP contribution in [0.25, 0.3) is 11.3 Å². The Hall–Kier alpha value is -3.31. The van der Waals surface area contributed by atoms with Crippen LogP contribution in [0, 0.1) is 18.3 Å². The molecule has 3 rings (SSSR count). The van der Waals surface area contributed by atoms with Crippen LogP contribution in [0.5, 0.6) is 17.4 Å². The summed E-state index contributed by atoms with van der Waals surface area (Å²) in [6.07, 6.45) is 4.59. The minimum Gasteiger partial charge on any atom is -0.497 e. The zero-order valence-corrected chi connectivity index (χ0v) is 21.0. The van der Waals surface area contributed by atoms with Gasteiger partial charge in [0.1, 0.15) is 23.8 Å². The second-order valence-corrected chi connectivity index (χ2v) is 8.86. The van der Waals surface area contributed by atoms with Crippen LogP contribution in [0.3, 0.4) is 0 Å². The highest BCUT2D eigenvalue weighted by molar-refractivity contribution is 5.65. The first-order chi connectivity index (χ1) is 16.9. The van der Waals surface area contributed by atoms with E-state index >= 15 is 0 Å². The molecule has 186 valence electrons. The fourth-order valence-corrected chi connectivity index (χ4v) is 3.98. The quantitative estimate of drug-likeness (QED) is 0.292. The third-order valence-electron chi connectivity index (χ3n) is 5.36. The van der Waals surface area contributed by atoms with Gasteiger partial charge in [-0.3, -0.25) is 4.90 Å². The summed E-state index contributed by atoms with van der Waals surface area (Å²) in [4.78, 5) is 2.20. The highest BCUT2D eigenvalue weighted by Crippen LogP contribution is 2.35. The molecule has 0 aliphatic carbocycles. The molecule has 1 atom stereocenters. The number of methoxy groups -OCH3 is 1. The van der Waals surface area contributed by atoms with E-state index in [2.05, 4.69) is 24.7 Å². The molecule has 0 amide bonds. The number of benzene rings is 2. The van der Waals surface area contributed by atoms with Crippen molar-refractivity contribution in [3.63, 3.8) is 0 Å². The lowest BCUT2D eigenvalue weighted by Crippen LogP contribution is -2.37. The zero-order valence-electron chi connectivity index (χ0n) is 21.0. The van der Waals surface area contributed by atoms with Crippen molar-refractivity contribution in [2.75, 3.05) is 33.4 Å². The van der Waals surface area contributed by atoms with Crippen LogP contribution in [0.1, 0.15) is 19.4 Å². The van der Waals surface area contributed by atoms with Gasteiger partial charge in [0.25, 0.3) is 0 Å². The van der Waals surface area contributed by atoms with Gasteiger partial charge >= 0.3 is 0 Å². The van der Waals surface area contributed by atoms with Gasteiger partial charge in [0.05, 0.1) is 25.4 Å². The first kappa shape index (κ1) is 26.3. The number of aryl methyl sites for hydroxylation is 1. The third-order valence-corrected chi connectivity index (χ3v) is 5.36. The average Bonchev–Trinajstić information content (AvgIpc) is 3.14. The molecule has 1 aromatic heterocycles. The van der Waals surface area contributed by atoms with Crippen LogP contribution in [-0.2, 0) is 18.3 Å². The predicted molar refractivity (Wildman–Crippen MR) is 137 cm³/mol. The van der Waals surface area contributed by atoms with Gasteiger partial charge in [-0.25, -0.2) is 4.68 Å². The molecular weight excluding hydrogens is 442 g/mol. The van der Waals surface area contributed by atoms with Gasteiger partial charge in [0.15, 0.2) is 0 Å². The Labute approximate surface area is 208 Å². The number of aliphatic hydroxyl groups excluding tert-OH is 1. The van der Waals surface area contributed by atoms with Crippen LogP contribution >= 0.6 is 0 Å². The van der Waals surface area contributed by atoms with Crippen molar-refractivity contribution in [2.45, 2.75) is 26.5 Å². The molecule has 0 spiro atoms. The van der Waals surface area contributed by atoms with E-state index in [-0.39, 0.29) is 13.2 Å². The second kappa shape index (κ2) is 13.0. The molecule has 0 aliphatic heterocycles. The van der Waals surface area contributed by atoms with Crippen molar-refractivity contribution >= 4 is 0 Å². The summed E-state index contributed by atoms with van der Waals surface area (Å²) in [5.41, 5.74) is 2.79. The number of hydrogen-bond donors (Lipinski definition) is 1. The Morgan fingerprint density at radius 2 is 1.83 bits per heavy atom. The van der Waals surface area contributed by atoms with E-state index in [1.54, 1.807) is 11.8 Å². The molecule has 3 aromatic rings. The summed E-state index contributed by atoms with van der Waals surface area (Å²) < 4.78 is 18.8. The lowest BCUT2D eigenvalue weighted by atomic mass is 10.1. The summed E-state index contributed by atoms with van der Waals surface area (Å²) in [7, 11) is 3.51. The smallest absolute Gasteiger partial charge is 0.222 e. The van der Waals surface area contributed by atoms with Crippen LogP contribution in [0.15, 0.2) is 54.6 Å². The average molecular weight is 478 g/mol. The number of terminal acetylenes is 1. The van der Waals surface area contributed by atoms with Gasteiger partial charge in [0, 0.05) is 38.3 Å². The van der Waals surface area contributed by atoms with Gasteiger partial charge in [-0.15, -0.1) is 6.42 Å². The Morgan fingerprint density at radius 1 is 1.09 bits per heavy atom. The van der Waals surface area contributed by atoms with E-state index in [4.69, 9.17) is 25.7 Å². The lowest BCUT2D eigenvalue weighted by molar-refractivity contribution is 0.0237. The second-order valence-electron chi connectivity index (χ2n) is 8.86. The minimum atomic E-state index is -0.665. The topological polar surface area (TPSA) is 69.0 Å². The van der Waals surface area contributed by atoms with Gasteiger partial charge in [-0.2, -0.15) is 5.10 Å². The van der Waals surface area contributed by atoms with Gasteiger partial charge < -0.3 is 19.3 Å². The molecule has 2 aromatic carbocycles. The van der Waals surface area contributed by atoms with E-state index in [0.717, 1.165) is 23.4 Å². The molecule has 0 saturated carbocycles. The van der Waals surface area contributed by atoms with E-state index in [1.807, 2.05) is 61.6 Å². The fraction of sp³-hybridized carbons (Fsp3) is 0.393. The van der Waals surface area contributed by atoms with E-state index in [1.165, 1.54) is 0 Å². The maximum absolute atomic E-state index is 10.6. The number of nitrogens with zero attached hydrogens (tertiary/aromatic N) is 3. The molecule has 1 heterocycles. The number of hydrogen-bond acceptors (Lipinski definition) is 6. The van der Waals surface area contributed by atoms with Crippen LogP contribution in [-0.4, -0.2) is 59.3 Å². The predicted octanol–water partition coefficient (Wildman–Crippen LogP) is 4.36. The minimum absolute atomic E-state index is 0.181. The lowest BCUT2D eigenvalue weighted by Gasteiger charge is -2.27. The molecular formula is C28H35N3O4. The molecule has 1 unspecified atom stereocenters. The molecule has 0 radical (unpaired) electrons. The highest BCUT2D eigenvalue weighted by atomic mass is 16.5. The molecule has 1 N–H and O–H groups in total. The van der Waals surface area contributed by atoms with E-state index < -0.39 is 6.10 Å². The highest BCUT2D eigenvalue weighted by Gasteiger charge is 2.24. The SMILES string of the molecule is C#CCOCC(O)CN(Cc1c(-c2ccccc2)nn(C)c1Oc1cccc(OC)c1)CC(C)C. The Kier molecular flexibility index (Phi) is 9.74. The summed E-state index contributed by atoms with van der Waals surface area (Å²) in [6, 6.07) is 17.5. The van der Waals surface area contributed by atoms with E-state index in [9.17, 15) is 5.11 Å². The maximum atomic E-state index is 10.6. The number of rotatable bonds is 13. The molecule has 0 aliphatic rings. The summed E-state index contributed by atoms with van der Waals surface area (Å²) in [5.74, 6) is 4.84. The Bertz CT molecular complexity index is 1110. The van der Waals surface area contributed by atoms with Crippen molar-refractivity contribution < 1.29 is 19.3 Å². The molecule has 7 nitrogen and oxygen atoms in total. The number of aromatic nitrogens is 2. The van der Waals surface area contributed by atoms with Crippen LogP contribution in [0.4, 0.5) is 0 Å². The summed E-state index contributed by atoms with van der Waals surface area (Å²) >= 11 is 0. The van der Waals surface area contributed by atoms with E-state index in [0.29, 0.717) is 36.4 Å². The molecule has 0 bridgehead atoms. The van der Waals surface area contributed by atoms with Crippen LogP contribution in [0.2, 0.25) is 0 Å². The van der Waals surface area contributed by atoms with Crippen LogP contribution < -0.4 is 9.47 Å². The first-order valence-electron chi connectivity index (χ1n) is 11.8. The fourth-order valence-electron chi connectivity index (χ4n) is 3.98. The third kappa shape index (κ3) is 7.59. The largest absolute Gasteiger partial charge is 0.497 e. The van der Waals surface area contributed by atoms with Gasteiger partial charge in [0.2, 0.25) is 5.88 Å². The normalized spacial score (nSPS) is 12.1. The van der Waals surface area contributed by atoms with Crippen molar-refractivity contribution in [3.8, 4) is 41.0 Å². The van der Waals surface area contributed by atoms with Crippen molar-refractivity contribution in [3.05, 3.63) is 60.2 Å². The molecule has 0 saturated heterocycles. The Morgan fingerprint density at radius 3 is 2.51 bits per heavy atom. The molecule has 7 heteroatoms. The first-order valence-corrected chi connectivity index (χ1v) is 11.8. The monoisotopic (exact) mass is 477 g/mol. The zero-order chi connectivity index (χ0) is 25.2. The van der Waals surface area contributed by atoms with Crippen molar-refractivity contribution in [2.24, 2.45) is 13.0 Å². The van der Waals surface area contributed by atoms with Crippen molar-refractivity contribution in [1.82, 2.24) is 14.7 Å².